The van der Waals surface area contributed by atoms with Crippen molar-refractivity contribution in [3.63, 3.8) is 0 Å². The van der Waals surface area contributed by atoms with Crippen LogP contribution in [-0.2, 0) is 6.42 Å². The molecule has 0 N–H and O–H groups in total. The van der Waals surface area contributed by atoms with Crippen LogP contribution in [0.3, 0.4) is 0 Å². The lowest BCUT2D eigenvalue weighted by atomic mass is 10.0. The third kappa shape index (κ3) is 3.67. The SMILES string of the molecule is CC(I)Cc1ccc(C(C)C)cc1. The summed E-state index contributed by atoms with van der Waals surface area (Å²) < 4.78 is 0.725. The highest BCUT2D eigenvalue weighted by Crippen LogP contribution is 2.16. The van der Waals surface area contributed by atoms with E-state index in [0.29, 0.717) is 5.92 Å². The predicted molar refractivity (Wildman–Crippen MR) is 67.7 cm³/mol. The predicted octanol–water partition coefficient (Wildman–Crippen LogP) is 4.18. The van der Waals surface area contributed by atoms with Gasteiger partial charge in [0.1, 0.15) is 0 Å². The van der Waals surface area contributed by atoms with E-state index in [1.54, 1.807) is 0 Å². The molecule has 1 heteroatoms. The van der Waals surface area contributed by atoms with Gasteiger partial charge >= 0.3 is 0 Å². The molecule has 0 heterocycles. The summed E-state index contributed by atoms with van der Waals surface area (Å²) in [6.07, 6.45) is 1.18. The molecule has 0 aliphatic rings. The molecule has 1 unspecified atom stereocenters. The van der Waals surface area contributed by atoms with Gasteiger partial charge in [-0.05, 0) is 23.5 Å². The summed E-state index contributed by atoms with van der Waals surface area (Å²) >= 11 is 2.47. The second-order valence-corrected chi connectivity index (χ2v) is 6.01. The maximum absolute atomic E-state index is 2.47. The fourth-order valence-electron chi connectivity index (χ4n) is 1.36. The van der Waals surface area contributed by atoms with Crippen molar-refractivity contribution < 1.29 is 0 Å². The van der Waals surface area contributed by atoms with E-state index in [4.69, 9.17) is 0 Å². The average Bonchev–Trinajstić information content (AvgIpc) is 2.04. The molecule has 1 aromatic rings. The van der Waals surface area contributed by atoms with Gasteiger partial charge < -0.3 is 0 Å². The van der Waals surface area contributed by atoms with E-state index in [9.17, 15) is 0 Å². The van der Waals surface area contributed by atoms with Gasteiger partial charge in [0.05, 0.1) is 0 Å². The zero-order valence-corrected chi connectivity index (χ0v) is 10.7. The van der Waals surface area contributed by atoms with Crippen molar-refractivity contribution in [3.05, 3.63) is 35.4 Å². The number of benzene rings is 1. The zero-order valence-electron chi connectivity index (χ0n) is 8.55. The summed E-state index contributed by atoms with van der Waals surface area (Å²) in [5, 5.41) is 0. The molecule has 0 saturated heterocycles. The molecule has 0 aliphatic carbocycles. The Morgan fingerprint density at radius 2 is 1.62 bits per heavy atom. The summed E-state index contributed by atoms with van der Waals surface area (Å²) in [4.78, 5) is 0. The molecule has 1 aromatic carbocycles. The maximum atomic E-state index is 2.47. The Morgan fingerprint density at radius 3 is 2.00 bits per heavy atom. The third-order valence-corrected chi connectivity index (χ3v) is 2.60. The van der Waals surface area contributed by atoms with Crippen molar-refractivity contribution in [2.45, 2.75) is 37.0 Å². The molecule has 0 aliphatic heterocycles. The van der Waals surface area contributed by atoms with E-state index in [2.05, 4.69) is 67.6 Å². The Hall–Kier alpha value is -0.0500. The van der Waals surface area contributed by atoms with Gasteiger partial charge in [0.25, 0.3) is 0 Å². The van der Waals surface area contributed by atoms with E-state index in [-0.39, 0.29) is 0 Å². The maximum Gasteiger partial charge on any atom is 0.0122 e. The lowest BCUT2D eigenvalue weighted by molar-refractivity contribution is 0.863. The van der Waals surface area contributed by atoms with Crippen molar-refractivity contribution >= 4 is 22.6 Å². The molecule has 0 spiro atoms. The molecule has 0 aromatic heterocycles. The Balaban J connectivity index is 2.70. The van der Waals surface area contributed by atoms with Crippen molar-refractivity contribution in [1.29, 1.82) is 0 Å². The van der Waals surface area contributed by atoms with Gasteiger partial charge in [0.15, 0.2) is 0 Å². The first-order valence-electron chi connectivity index (χ1n) is 4.82. The van der Waals surface area contributed by atoms with Crippen LogP contribution in [0.4, 0.5) is 0 Å². The Labute approximate surface area is 94.9 Å². The summed E-state index contributed by atoms with van der Waals surface area (Å²) in [5.41, 5.74) is 2.89. The first-order valence-corrected chi connectivity index (χ1v) is 6.07. The van der Waals surface area contributed by atoms with Crippen LogP contribution in [0.15, 0.2) is 24.3 Å². The number of rotatable bonds is 3. The van der Waals surface area contributed by atoms with Crippen LogP contribution in [0.5, 0.6) is 0 Å². The van der Waals surface area contributed by atoms with Crippen molar-refractivity contribution in [2.75, 3.05) is 0 Å². The van der Waals surface area contributed by atoms with Crippen LogP contribution in [-0.4, -0.2) is 3.92 Å². The first kappa shape index (κ1) is 11.0. The molecule has 1 atom stereocenters. The first-order chi connectivity index (χ1) is 6.09. The van der Waals surface area contributed by atoms with E-state index in [1.807, 2.05) is 0 Å². The van der Waals surface area contributed by atoms with Crippen LogP contribution >= 0.6 is 22.6 Å². The van der Waals surface area contributed by atoms with Gasteiger partial charge in [0.2, 0.25) is 0 Å². The number of halogens is 1. The van der Waals surface area contributed by atoms with Crippen molar-refractivity contribution in [2.24, 2.45) is 0 Å². The molecular formula is C12H17I. The Morgan fingerprint density at radius 1 is 1.08 bits per heavy atom. The van der Waals surface area contributed by atoms with Crippen molar-refractivity contribution in [3.8, 4) is 0 Å². The van der Waals surface area contributed by atoms with Crippen LogP contribution in [0.25, 0.3) is 0 Å². The smallest absolute Gasteiger partial charge is 0.0122 e. The normalized spacial score (nSPS) is 13.3. The quantitative estimate of drug-likeness (QED) is 0.578. The Kier molecular flexibility index (Phi) is 4.23. The summed E-state index contributed by atoms with van der Waals surface area (Å²) in [5.74, 6) is 0.645. The second-order valence-electron chi connectivity index (χ2n) is 3.88. The molecule has 0 nitrogen and oxygen atoms in total. The van der Waals surface area contributed by atoms with Gasteiger partial charge in [-0.1, -0.05) is 67.6 Å². The second kappa shape index (κ2) is 4.99. The fourth-order valence-corrected chi connectivity index (χ4v) is 1.87. The van der Waals surface area contributed by atoms with E-state index in [0.717, 1.165) is 3.92 Å². The number of hydrogen-bond acceptors (Lipinski definition) is 0. The number of hydrogen-bond donors (Lipinski definition) is 0. The Bertz CT molecular complexity index is 246. The molecule has 1 rings (SSSR count). The zero-order chi connectivity index (χ0) is 9.84. The minimum absolute atomic E-state index is 0.645. The fraction of sp³-hybridized carbons (Fsp3) is 0.500. The summed E-state index contributed by atoms with van der Waals surface area (Å²) in [6.45, 7) is 6.71. The molecule has 72 valence electrons. The van der Waals surface area contributed by atoms with E-state index < -0.39 is 0 Å². The largest absolute Gasteiger partial charge is 0.0826 e. The lowest BCUT2D eigenvalue weighted by Gasteiger charge is -2.07. The highest BCUT2D eigenvalue weighted by atomic mass is 127. The molecule has 0 fully saturated rings. The summed E-state index contributed by atoms with van der Waals surface area (Å²) in [7, 11) is 0. The van der Waals surface area contributed by atoms with Gasteiger partial charge in [-0.3, -0.25) is 0 Å². The monoisotopic (exact) mass is 288 g/mol. The minimum atomic E-state index is 0.645. The molecular weight excluding hydrogens is 271 g/mol. The molecule has 0 saturated carbocycles. The molecule has 0 radical (unpaired) electrons. The van der Waals surface area contributed by atoms with Crippen LogP contribution in [0, 0.1) is 0 Å². The van der Waals surface area contributed by atoms with Gasteiger partial charge in [-0.2, -0.15) is 0 Å². The standard InChI is InChI=1S/C12H17I/c1-9(2)12-6-4-11(5-7-12)8-10(3)13/h4-7,9-10H,8H2,1-3H3. The molecule has 13 heavy (non-hydrogen) atoms. The van der Waals surface area contributed by atoms with E-state index >= 15 is 0 Å². The topological polar surface area (TPSA) is 0 Å². The molecule has 0 amide bonds. The average molecular weight is 288 g/mol. The number of alkyl halides is 1. The van der Waals surface area contributed by atoms with Crippen LogP contribution in [0.1, 0.15) is 37.8 Å². The highest BCUT2D eigenvalue weighted by Gasteiger charge is 2.00. The van der Waals surface area contributed by atoms with Gasteiger partial charge in [0, 0.05) is 3.92 Å². The van der Waals surface area contributed by atoms with Crippen molar-refractivity contribution in [1.82, 2.24) is 0 Å². The third-order valence-electron chi connectivity index (χ3n) is 2.16. The van der Waals surface area contributed by atoms with Gasteiger partial charge in [-0.15, -0.1) is 0 Å². The van der Waals surface area contributed by atoms with Crippen LogP contribution in [0.2, 0.25) is 0 Å². The lowest BCUT2D eigenvalue weighted by Crippen LogP contribution is -1.96. The van der Waals surface area contributed by atoms with Gasteiger partial charge in [-0.25, -0.2) is 0 Å². The minimum Gasteiger partial charge on any atom is -0.0826 e. The van der Waals surface area contributed by atoms with E-state index in [1.165, 1.54) is 17.5 Å². The summed E-state index contributed by atoms with van der Waals surface area (Å²) in [6, 6.07) is 9.01. The highest BCUT2D eigenvalue weighted by molar-refractivity contribution is 14.1. The van der Waals surface area contributed by atoms with Crippen LogP contribution < -0.4 is 0 Å². The molecule has 0 bridgehead atoms.